The lowest BCUT2D eigenvalue weighted by Crippen LogP contribution is -2.44. The minimum absolute atomic E-state index is 0.0730. The van der Waals surface area contributed by atoms with Crippen molar-refractivity contribution in [1.82, 2.24) is 14.5 Å². The lowest BCUT2D eigenvalue weighted by atomic mass is 9.98. The molecule has 2 aromatic rings. The molecule has 3 heterocycles. The summed E-state index contributed by atoms with van der Waals surface area (Å²) in [5.41, 5.74) is 2.29. The highest BCUT2D eigenvalue weighted by Gasteiger charge is 2.56. The highest BCUT2D eigenvalue weighted by Crippen LogP contribution is 2.49. The van der Waals surface area contributed by atoms with Crippen LogP contribution in [0.25, 0.3) is 0 Å². The molecule has 4 unspecified atom stereocenters. The number of fused-ring (bicyclic) bond motifs is 2. The van der Waals surface area contributed by atoms with Gasteiger partial charge in [0.2, 0.25) is 10.0 Å². The van der Waals surface area contributed by atoms with Crippen molar-refractivity contribution in [1.29, 1.82) is 0 Å². The number of ether oxygens (including phenoxy) is 3. The largest absolute Gasteiger partial charge is 0.445 e. The van der Waals surface area contributed by atoms with Crippen LogP contribution >= 0.6 is 0 Å². The Balaban J connectivity index is 1.18. The van der Waals surface area contributed by atoms with Crippen LogP contribution in [0.4, 0.5) is 4.79 Å². The number of amides is 2. The third-order valence-corrected chi connectivity index (χ3v) is 11.0. The first kappa shape index (κ1) is 30.1. The van der Waals surface area contributed by atoms with Crippen LogP contribution < -0.4 is 5.32 Å². The van der Waals surface area contributed by atoms with Gasteiger partial charge < -0.3 is 24.4 Å². The summed E-state index contributed by atoms with van der Waals surface area (Å²) in [6.45, 7) is 5.97. The molecule has 3 aliphatic heterocycles. The summed E-state index contributed by atoms with van der Waals surface area (Å²) in [6, 6.07) is 14.3. The summed E-state index contributed by atoms with van der Waals surface area (Å²) < 4.78 is 46.9. The molecule has 0 radical (unpaired) electrons. The molecule has 1 saturated carbocycles. The van der Waals surface area contributed by atoms with Crippen LogP contribution in [-0.2, 0) is 37.2 Å². The van der Waals surface area contributed by atoms with E-state index >= 15 is 0 Å². The van der Waals surface area contributed by atoms with Gasteiger partial charge in [-0.05, 0) is 48.4 Å². The van der Waals surface area contributed by atoms with Gasteiger partial charge in [0.15, 0.2) is 6.29 Å². The first-order valence-electron chi connectivity index (χ1n) is 15.2. The number of hydrogen-bond acceptors (Lipinski definition) is 7. The van der Waals surface area contributed by atoms with Gasteiger partial charge >= 0.3 is 6.09 Å². The van der Waals surface area contributed by atoms with Crippen LogP contribution in [-0.4, -0.2) is 81.4 Å². The fourth-order valence-corrected chi connectivity index (χ4v) is 8.69. The van der Waals surface area contributed by atoms with E-state index in [2.05, 4.69) is 5.32 Å². The van der Waals surface area contributed by atoms with Gasteiger partial charge in [-0.15, -0.1) is 0 Å². The average Bonchev–Trinajstić information content (AvgIpc) is 3.61. The number of benzene rings is 2. The number of hydrogen-bond donors (Lipinski definition) is 1. The second kappa shape index (κ2) is 12.2. The van der Waals surface area contributed by atoms with E-state index in [4.69, 9.17) is 14.2 Å². The van der Waals surface area contributed by atoms with Gasteiger partial charge in [0, 0.05) is 56.0 Å². The Kier molecular flexibility index (Phi) is 8.52. The van der Waals surface area contributed by atoms with Crippen molar-refractivity contribution >= 4 is 22.0 Å². The van der Waals surface area contributed by atoms with Gasteiger partial charge in [-0.1, -0.05) is 50.2 Å². The van der Waals surface area contributed by atoms with E-state index < -0.39 is 16.1 Å². The Morgan fingerprint density at radius 2 is 1.88 bits per heavy atom. The van der Waals surface area contributed by atoms with E-state index in [0.717, 1.165) is 17.5 Å². The van der Waals surface area contributed by atoms with Crippen molar-refractivity contribution < 1.29 is 32.2 Å². The highest BCUT2D eigenvalue weighted by atomic mass is 32.2. The number of nitrogens with zero attached hydrogens (tertiary/aromatic N) is 2. The molecule has 2 amide bonds. The lowest BCUT2D eigenvalue weighted by Gasteiger charge is -2.29. The molecule has 6 atom stereocenters. The highest BCUT2D eigenvalue weighted by molar-refractivity contribution is 7.89. The van der Waals surface area contributed by atoms with Crippen molar-refractivity contribution in [3.63, 3.8) is 0 Å². The van der Waals surface area contributed by atoms with Crippen LogP contribution in [0.3, 0.4) is 0 Å². The first-order chi connectivity index (χ1) is 20.6. The fourth-order valence-electron chi connectivity index (χ4n) is 7.05. The molecule has 11 heteroatoms. The molecule has 1 N–H and O–H groups in total. The maximum atomic E-state index is 13.9. The summed E-state index contributed by atoms with van der Waals surface area (Å²) in [5, 5.41) is 3.06. The monoisotopic (exact) mass is 611 g/mol. The number of rotatable bonds is 11. The maximum absolute atomic E-state index is 13.9. The Morgan fingerprint density at radius 3 is 2.65 bits per heavy atom. The summed E-state index contributed by atoms with van der Waals surface area (Å²) >= 11 is 0. The van der Waals surface area contributed by atoms with Gasteiger partial charge in [-0.3, -0.25) is 4.79 Å². The standard InChI is InChI=1S/C32H41N3O7S/c1-20(2)16-35(43(38,39)25-10-9-22-17-34(3)30(36)26(22)15-25)12-11-24(13-21-7-5-4-6-8-21)33-32(37)42-29-23-14-27-28(29)19-41-31(27)40-18-23/h4-10,15,20,23-24,27-29,31H,11-14,16-19H2,1-3H3,(H,33,37)/t23?,24-,27?,28?,29-,31?/m1/s1. The predicted octanol–water partition coefficient (Wildman–Crippen LogP) is 3.65. The summed E-state index contributed by atoms with van der Waals surface area (Å²) in [7, 11) is -2.19. The van der Waals surface area contributed by atoms with Crippen molar-refractivity contribution in [3.05, 3.63) is 65.2 Å². The number of sulfonamides is 1. The SMILES string of the molecule is CC(C)CN(CC[C@H](Cc1ccccc1)NC(=O)O[C@@H]1C2COC3OCC1C3C2)S(=O)(=O)c1ccc2c(c1)C(=O)N(C)C2. The second-order valence-corrected chi connectivity index (χ2v) is 14.7. The van der Waals surface area contributed by atoms with Crippen LogP contribution in [0, 0.1) is 23.7 Å². The molecular formula is C32H41N3O7S. The second-order valence-electron chi connectivity index (χ2n) is 12.8. The average molecular weight is 612 g/mol. The third kappa shape index (κ3) is 6.18. The van der Waals surface area contributed by atoms with Gasteiger partial charge in [0.25, 0.3) is 5.91 Å². The Labute approximate surface area is 253 Å². The van der Waals surface area contributed by atoms with Crippen LogP contribution in [0.2, 0.25) is 0 Å². The topological polar surface area (TPSA) is 114 Å². The molecule has 43 heavy (non-hydrogen) atoms. The van der Waals surface area contributed by atoms with Gasteiger partial charge in [-0.25, -0.2) is 13.2 Å². The van der Waals surface area contributed by atoms with E-state index in [9.17, 15) is 18.0 Å². The number of alkyl carbamates (subject to hydrolysis) is 1. The summed E-state index contributed by atoms with van der Waals surface area (Å²) in [5.74, 6) is 0.469. The van der Waals surface area contributed by atoms with Crippen molar-refractivity contribution in [2.24, 2.45) is 23.7 Å². The maximum Gasteiger partial charge on any atom is 0.407 e. The Morgan fingerprint density at radius 1 is 1.12 bits per heavy atom. The van der Waals surface area contributed by atoms with Gasteiger partial charge in [0.05, 0.1) is 18.1 Å². The predicted molar refractivity (Wildman–Crippen MR) is 159 cm³/mol. The van der Waals surface area contributed by atoms with Crippen LogP contribution in [0.15, 0.2) is 53.4 Å². The molecule has 0 aromatic heterocycles. The molecule has 3 fully saturated rings. The van der Waals surface area contributed by atoms with Crippen LogP contribution in [0.5, 0.6) is 0 Å². The molecule has 10 nitrogen and oxygen atoms in total. The molecule has 2 aromatic carbocycles. The normalized spacial score (nSPS) is 26.7. The Hall–Kier alpha value is -2.99. The minimum atomic E-state index is -3.90. The van der Waals surface area contributed by atoms with Gasteiger partial charge in [0.1, 0.15) is 6.10 Å². The van der Waals surface area contributed by atoms with E-state index in [0.29, 0.717) is 44.7 Å². The number of nitrogens with one attached hydrogen (secondary N) is 1. The van der Waals surface area contributed by atoms with Crippen molar-refractivity contribution in [3.8, 4) is 0 Å². The zero-order chi connectivity index (χ0) is 30.3. The molecule has 6 rings (SSSR count). The fraction of sp³-hybridized carbons (Fsp3) is 0.562. The summed E-state index contributed by atoms with van der Waals surface area (Å²) in [6.07, 6.45) is 0.905. The van der Waals surface area contributed by atoms with Crippen molar-refractivity contribution in [2.75, 3.05) is 33.4 Å². The first-order valence-corrected chi connectivity index (χ1v) is 16.7. The van der Waals surface area contributed by atoms with Crippen LogP contribution in [0.1, 0.15) is 48.2 Å². The molecular weight excluding hydrogens is 570 g/mol. The number of carbonyl (C=O) groups excluding carboxylic acids is 2. The molecule has 4 aliphatic rings. The van der Waals surface area contributed by atoms with E-state index in [1.54, 1.807) is 24.1 Å². The van der Waals surface area contributed by atoms with E-state index in [-0.39, 0.29) is 59.5 Å². The number of carbonyl (C=O) groups is 2. The molecule has 2 saturated heterocycles. The smallest absolute Gasteiger partial charge is 0.407 e. The van der Waals surface area contributed by atoms with E-state index in [1.807, 2.05) is 44.2 Å². The zero-order valence-corrected chi connectivity index (χ0v) is 25.8. The third-order valence-electron chi connectivity index (χ3n) is 9.18. The molecule has 1 aliphatic carbocycles. The van der Waals surface area contributed by atoms with E-state index in [1.165, 1.54) is 10.4 Å². The minimum Gasteiger partial charge on any atom is -0.445 e. The van der Waals surface area contributed by atoms with Gasteiger partial charge in [-0.2, -0.15) is 4.31 Å². The van der Waals surface area contributed by atoms with Crippen molar-refractivity contribution in [2.45, 2.75) is 63.0 Å². The molecule has 0 spiro atoms. The Bertz CT molecular complexity index is 1450. The zero-order valence-electron chi connectivity index (χ0n) is 25.0. The molecule has 2 bridgehead atoms. The molecule has 232 valence electrons. The lowest BCUT2D eigenvalue weighted by molar-refractivity contribution is -0.169. The summed E-state index contributed by atoms with van der Waals surface area (Å²) in [4.78, 5) is 27.6. The quantitative estimate of drug-likeness (QED) is 0.413.